The van der Waals surface area contributed by atoms with Gasteiger partial charge in [-0.25, -0.2) is 0 Å². The topological polar surface area (TPSA) is 41.3 Å². The van der Waals surface area contributed by atoms with E-state index in [1.54, 1.807) is 0 Å². The summed E-state index contributed by atoms with van der Waals surface area (Å²) in [7, 11) is 3.97. The molecule has 3 N–H and O–H groups in total. The van der Waals surface area contributed by atoms with Gasteiger partial charge in [-0.2, -0.15) is 13.2 Å². The lowest BCUT2D eigenvalue weighted by atomic mass is 9.84. The molecule has 1 rings (SSSR count). The quantitative estimate of drug-likeness (QED) is 0.573. The van der Waals surface area contributed by atoms with Crippen molar-refractivity contribution in [3.8, 4) is 0 Å². The monoisotopic (exact) mass is 267 g/mol. The summed E-state index contributed by atoms with van der Waals surface area (Å²) in [6.07, 6.45) is 0.0456. The number of nitrogens with two attached hydrogens (primary N) is 1. The summed E-state index contributed by atoms with van der Waals surface area (Å²) in [5, 5.41) is 0. The van der Waals surface area contributed by atoms with Gasteiger partial charge in [-0.05, 0) is 39.8 Å². The molecule has 0 saturated heterocycles. The Morgan fingerprint density at radius 1 is 1.28 bits per heavy atom. The predicted molar refractivity (Wildman–Crippen MR) is 65.9 cm³/mol. The summed E-state index contributed by atoms with van der Waals surface area (Å²) < 4.78 is 36.5. The van der Waals surface area contributed by atoms with Crippen molar-refractivity contribution in [2.75, 3.05) is 14.1 Å². The van der Waals surface area contributed by atoms with Gasteiger partial charge in [0.05, 0.1) is 0 Å². The molecule has 0 radical (unpaired) electrons. The number of nitrogens with one attached hydrogen (secondary N) is 1. The smallest absolute Gasteiger partial charge is 0.302 e. The predicted octanol–water partition coefficient (Wildman–Crippen LogP) is 2.43. The van der Waals surface area contributed by atoms with E-state index in [1.807, 2.05) is 14.1 Å². The highest BCUT2D eigenvalue weighted by Gasteiger charge is 2.42. The van der Waals surface area contributed by atoms with Gasteiger partial charge in [0.25, 0.3) is 0 Å². The molecule has 1 aliphatic rings. The summed E-state index contributed by atoms with van der Waals surface area (Å²) >= 11 is 0. The Labute approximate surface area is 107 Å². The van der Waals surface area contributed by atoms with Crippen molar-refractivity contribution >= 4 is 0 Å². The average Bonchev–Trinajstić information content (AvgIpc) is 2.73. The molecule has 0 bridgehead atoms. The van der Waals surface area contributed by atoms with Crippen LogP contribution in [0.25, 0.3) is 0 Å². The first-order valence-electron chi connectivity index (χ1n) is 6.52. The average molecular weight is 267 g/mol. The number of rotatable bonds is 6. The first-order valence-corrected chi connectivity index (χ1v) is 6.52. The van der Waals surface area contributed by atoms with Gasteiger partial charge < -0.3 is 4.90 Å². The van der Waals surface area contributed by atoms with Gasteiger partial charge in [-0.15, -0.1) is 0 Å². The maximum Gasteiger partial charge on any atom is 0.389 e. The molecular formula is C12H24F3N3. The van der Waals surface area contributed by atoms with Gasteiger partial charge in [-0.3, -0.25) is 11.3 Å². The van der Waals surface area contributed by atoms with Gasteiger partial charge in [0.1, 0.15) is 0 Å². The second-order valence-electron chi connectivity index (χ2n) is 5.43. The lowest BCUT2D eigenvalue weighted by Gasteiger charge is -2.43. The van der Waals surface area contributed by atoms with Crippen LogP contribution in [0, 0.1) is 0 Å². The van der Waals surface area contributed by atoms with Crippen molar-refractivity contribution in [2.45, 2.75) is 62.7 Å². The minimum atomic E-state index is -4.07. The zero-order chi connectivity index (χ0) is 13.8. The summed E-state index contributed by atoms with van der Waals surface area (Å²) in [6, 6.07) is -0.0719. The van der Waals surface area contributed by atoms with Gasteiger partial charge in [0, 0.05) is 18.0 Å². The fraction of sp³-hybridized carbons (Fsp3) is 1.00. The van der Waals surface area contributed by atoms with Crippen LogP contribution in [0.15, 0.2) is 0 Å². The Morgan fingerprint density at radius 3 is 2.22 bits per heavy atom. The van der Waals surface area contributed by atoms with E-state index in [0.717, 1.165) is 25.7 Å². The summed E-state index contributed by atoms with van der Waals surface area (Å²) in [5.74, 6) is 5.57. The second-order valence-corrected chi connectivity index (χ2v) is 5.43. The Hall–Kier alpha value is -0.330. The highest BCUT2D eigenvalue weighted by atomic mass is 19.4. The van der Waals surface area contributed by atoms with E-state index in [4.69, 9.17) is 5.84 Å². The Morgan fingerprint density at radius 2 is 1.83 bits per heavy atom. The van der Waals surface area contributed by atoms with Crippen LogP contribution >= 0.6 is 0 Å². The molecule has 108 valence electrons. The minimum Gasteiger partial charge on any atom is -0.302 e. The zero-order valence-electron chi connectivity index (χ0n) is 11.2. The van der Waals surface area contributed by atoms with Crippen LogP contribution in [0.3, 0.4) is 0 Å². The molecule has 3 nitrogen and oxygen atoms in total. The molecule has 0 amide bonds. The first-order chi connectivity index (χ1) is 8.32. The Kier molecular flexibility index (Phi) is 5.43. The molecule has 0 spiro atoms. The van der Waals surface area contributed by atoms with E-state index in [2.05, 4.69) is 10.3 Å². The van der Waals surface area contributed by atoms with Crippen LogP contribution in [0.5, 0.6) is 0 Å². The van der Waals surface area contributed by atoms with E-state index in [-0.39, 0.29) is 18.0 Å². The SMILES string of the molecule is CN(C)C1(C(CCCC(F)(F)F)NN)CCCC1. The van der Waals surface area contributed by atoms with Gasteiger partial charge in [0.2, 0.25) is 0 Å². The molecule has 1 saturated carbocycles. The third-order valence-corrected chi connectivity index (χ3v) is 4.16. The Bertz CT molecular complexity index is 247. The molecule has 1 fully saturated rings. The zero-order valence-corrected chi connectivity index (χ0v) is 11.2. The van der Waals surface area contributed by atoms with Crippen LogP contribution in [0.4, 0.5) is 13.2 Å². The van der Waals surface area contributed by atoms with Gasteiger partial charge in [0.15, 0.2) is 0 Å². The third kappa shape index (κ3) is 3.83. The summed E-state index contributed by atoms with van der Waals surface area (Å²) in [4.78, 5) is 2.12. The number of alkyl halides is 3. The Balaban J connectivity index is 2.58. The maximum atomic E-state index is 12.2. The molecule has 0 aliphatic heterocycles. The molecule has 1 aliphatic carbocycles. The fourth-order valence-electron chi connectivity index (χ4n) is 3.11. The van der Waals surface area contributed by atoms with Crippen LogP contribution < -0.4 is 11.3 Å². The number of hydrogen-bond donors (Lipinski definition) is 2. The van der Waals surface area contributed by atoms with Crippen LogP contribution in [-0.2, 0) is 0 Å². The number of hydrazine groups is 1. The number of halogens is 3. The molecule has 1 atom stereocenters. The molecule has 18 heavy (non-hydrogen) atoms. The van der Waals surface area contributed by atoms with E-state index in [9.17, 15) is 13.2 Å². The standard InChI is InChI=1S/C12H24F3N3/c1-18(2)11(7-3-4-8-11)10(17-16)6-5-9-12(13,14)15/h10,17H,3-9,16H2,1-2H3. The van der Waals surface area contributed by atoms with Crippen molar-refractivity contribution in [1.82, 2.24) is 10.3 Å². The van der Waals surface area contributed by atoms with E-state index < -0.39 is 12.6 Å². The largest absolute Gasteiger partial charge is 0.389 e. The molecule has 0 aromatic rings. The molecule has 0 heterocycles. The van der Waals surface area contributed by atoms with Crippen LogP contribution in [-0.4, -0.2) is 36.8 Å². The van der Waals surface area contributed by atoms with E-state index in [1.165, 1.54) is 0 Å². The molecule has 6 heteroatoms. The fourth-order valence-corrected chi connectivity index (χ4v) is 3.11. The number of hydrogen-bond acceptors (Lipinski definition) is 3. The minimum absolute atomic E-state index is 0.0719. The van der Waals surface area contributed by atoms with Crippen molar-refractivity contribution in [3.63, 3.8) is 0 Å². The lowest BCUT2D eigenvalue weighted by Crippen LogP contribution is -2.59. The molecule has 0 aromatic carbocycles. The number of nitrogens with zero attached hydrogens (tertiary/aromatic N) is 1. The highest BCUT2D eigenvalue weighted by molar-refractivity contribution is 5.01. The lowest BCUT2D eigenvalue weighted by molar-refractivity contribution is -0.136. The van der Waals surface area contributed by atoms with Crippen molar-refractivity contribution < 1.29 is 13.2 Å². The van der Waals surface area contributed by atoms with Crippen molar-refractivity contribution in [1.29, 1.82) is 0 Å². The van der Waals surface area contributed by atoms with Gasteiger partial charge in [-0.1, -0.05) is 12.8 Å². The van der Waals surface area contributed by atoms with Crippen molar-refractivity contribution in [2.24, 2.45) is 5.84 Å². The van der Waals surface area contributed by atoms with Crippen LogP contribution in [0.2, 0.25) is 0 Å². The van der Waals surface area contributed by atoms with Gasteiger partial charge >= 0.3 is 6.18 Å². The van der Waals surface area contributed by atoms with E-state index >= 15 is 0 Å². The highest BCUT2D eigenvalue weighted by Crippen LogP contribution is 2.38. The van der Waals surface area contributed by atoms with E-state index in [0.29, 0.717) is 6.42 Å². The van der Waals surface area contributed by atoms with Crippen molar-refractivity contribution in [3.05, 3.63) is 0 Å². The number of likely N-dealkylation sites (N-methyl/N-ethyl adjacent to an activating group) is 1. The summed E-state index contributed by atoms with van der Waals surface area (Å²) in [6.45, 7) is 0. The molecular weight excluding hydrogens is 243 g/mol. The summed E-state index contributed by atoms with van der Waals surface area (Å²) in [5.41, 5.74) is 2.66. The normalized spacial score (nSPS) is 21.5. The first kappa shape index (κ1) is 15.7. The molecule has 1 unspecified atom stereocenters. The third-order valence-electron chi connectivity index (χ3n) is 4.16. The molecule has 0 aromatic heterocycles. The van der Waals surface area contributed by atoms with Crippen LogP contribution in [0.1, 0.15) is 44.9 Å². The maximum absolute atomic E-state index is 12.2. The second kappa shape index (κ2) is 6.21.